The van der Waals surface area contributed by atoms with Crippen LogP contribution in [0.1, 0.15) is 31.0 Å². The lowest BCUT2D eigenvalue weighted by molar-refractivity contribution is 0.250. The number of aliphatic hydroxyl groups excluding tert-OH is 1. The number of aliphatic hydroxyl groups is 1. The summed E-state index contributed by atoms with van der Waals surface area (Å²) in [6.07, 6.45) is 0. The minimum absolute atomic E-state index is 0.0616. The summed E-state index contributed by atoms with van der Waals surface area (Å²) in [5.41, 5.74) is 8.68. The Kier molecular flexibility index (Phi) is 6.03. The molecule has 0 radical (unpaired) electrons. The first kappa shape index (κ1) is 14.6. The predicted octanol–water partition coefficient (Wildman–Crippen LogP) is 2.74. The predicted molar refractivity (Wildman–Crippen MR) is 76.3 cm³/mol. The van der Waals surface area contributed by atoms with Gasteiger partial charge in [0.1, 0.15) is 0 Å². The summed E-state index contributed by atoms with van der Waals surface area (Å²) in [6.45, 7) is 6.53. The van der Waals surface area contributed by atoms with Gasteiger partial charge in [-0.05, 0) is 24.2 Å². The van der Waals surface area contributed by atoms with Crippen LogP contribution in [0.2, 0.25) is 0 Å². The third-order valence-electron chi connectivity index (χ3n) is 2.92. The fourth-order valence-corrected chi connectivity index (χ4v) is 2.63. The summed E-state index contributed by atoms with van der Waals surface area (Å²) in [7, 11) is 0. The molecule has 0 fully saturated rings. The summed E-state index contributed by atoms with van der Waals surface area (Å²) in [6, 6.07) is 8.47. The molecule has 1 aromatic rings. The van der Waals surface area contributed by atoms with Crippen molar-refractivity contribution in [1.82, 2.24) is 0 Å². The average Bonchev–Trinajstić information content (AvgIpc) is 2.35. The summed E-state index contributed by atoms with van der Waals surface area (Å²) >= 11 is 1.83. The molecule has 96 valence electrons. The van der Waals surface area contributed by atoms with Crippen molar-refractivity contribution in [3.05, 3.63) is 35.4 Å². The molecule has 2 nitrogen and oxygen atoms in total. The van der Waals surface area contributed by atoms with Crippen molar-refractivity contribution in [2.24, 2.45) is 11.7 Å². The van der Waals surface area contributed by atoms with Crippen LogP contribution in [0.5, 0.6) is 0 Å². The van der Waals surface area contributed by atoms with Gasteiger partial charge in [0.05, 0.1) is 0 Å². The molecule has 3 atom stereocenters. The van der Waals surface area contributed by atoms with Crippen molar-refractivity contribution in [3.63, 3.8) is 0 Å². The van der Waals surface area contributed by atoms with E-state index in [2.05, 4.69) is 45.0 Å². The van der Waals surface area contributed by atoms with E-state index in [1.807, 2.05) is 11.8 Å². The minimum Gasteiger partial charge on any atom is -0.396 e. The van der Waals surface area contributed by atoms with Crippen molar-refractivity contribution in [2.45, 2.75) is 32.1 Å². The Morgan fingerprint density at radius 2 is 1.82 bits per heavy atom. The van der Waals surface area contributed by atoms with E-state index < -0.39 is 0 Å². The van der Waals surface area contributed by atoms with Crippen LogP contribution in [-0.2, 0) is 0 Å². The standard InChI is InChI=1S/C14H23NOS/c1-10-4-6-13(7-5-10)14(15)12(3)17-9-11(2)8-16/h4-7,11-12,14,16H,8-9,15H2,1-3H3. The molecule has 3 N–H and O–H groups in total. The van der Waals surface area contributed by atoms with E-state index in [0.717, 1.165) is 5.75 Å². The van der Waals surface area contributed by atoms with Crippen LogP contribution in [0, 0.1) is 12.8 Å². The first-order valence-corrected chi connectivity index (χ1v) is 7.14. The summed E-state index contributed by atoms with van der Waals surface area (Å²) < 4.78 is 0. The molecular formula is C14H23NOS. The Morgan fingerprint density at radius 1 is 1.24 bits per heavy atom. The van der Waals surface area contributed by atoms with Crippen molar-refractivity contribution < 1.29 is 5.11 Å². The van der Waals surface area contributed by atoms with Crippen molar-refractivity contribution >= 4 is 11.8 Å². The van der Waals surface area contributed by atoms with Crippen molar-refractivity contribution in [2.75, 3.05) is 12.4 Å². The first-order chi connectivity index (χ1) is 8.04. The topological polar surface area (TPSA) is 46.2 Å². The molecule has 3 unspecified atom stereocenters. The molecule has 0 aliphatic heterocycles. The fourth-order valence-electron chi connectivity index (χ4n) is 1.53. The van der Waals surface area contributed by atoms with E-state index in [1.54, 1.807) is 0 Å². The summed E-state index contributed by atoms with van der Waals surface area (Å²) in [5, 5.41) is 9.36. The number of thioether (sulfide) groups is 1. The van der Waals surface area contributed by atoms with Gasteiger partial charge in [-0.15, -0.1) is 0 Å². The van der Waals surface area contributed by atoms with E-state index in [9.17, 15) is 0 Å². The Bertz CT molecular complexity index is 325. The third-order valence-corrected chi connectivity index (χ3v) is 4.50. The van der Waals surface area contributed by atoms with Gasteiger partial charge in [-0.2, -0.15) is 11.8 Å². The molecule has 3 heteroatoms. The lowest BCUT2D eigenvalue weighted by Crippen LogP contribution is -2.22. The Morgan fingerprint density at radius 3 is 2.35 bits per heavy atom. The highest BCUT2D eigenvalue weighted by atomic mass is 32.2. The monoisotopic (exact) mass is 253 g/mol. The van der Waals surface area contributed by atoms with Crippen LogP contribution < -0.4 is 5.73 Å². The zero-order chi connectivity index (χ0) is 12.8. The SMILES string of the molecule is Cc1ccc(C(N)C(C)SCC(C)CO)cc1. The summed E-state index contributed by atoms with van der Waals surface area (Å²) in [5.74, 6) is 1.30. The molecule has 0 saturated heterocycles. The molecule has 0 saturated carbocycles. The molecule has 0 aromatic heterocycles. The Balaban J connectivity index is 2.51. The van der Waals surface area contributed by atoms with Gasteiger partial charge in [0.15, 0.2) is 0 Å². The maximum absolute atomic E-state index is 8.99. The van der Waals surface area contributed by atoms with Gasteiger partial charge in [-0.1, -0.05) is 43.7 Å². The van der Waals surface area contributed by atoms with Gasteiger partial charge in [0.2, 0.25) is 0 Å². The number of hydrogen-bond acceptors (Lipinski definition) is 3. The van der Waals surface area contributed by atoms with Crippen LogP contribution in [-0.4, -0.2) is 22.7 Å². The number of aryl methyl sites for hydroxylation is 1. The van der Waals surface area contributed by atoms with Crippen LogP contribution in [0.3, 0.4) is 0 Å². The van der Waals surface area contributed by atoms with E-state index in [0.29, 0.717) is 11.2 Å². The van der Waals surface area contributed by atoms with Gasteiger partial charge in [-0.25, -0.2) is 0 Å². The molecule has 0 spiro atoms. The molecule has 0 aliphatic rings. The van der Waals surface area contributed by atoms with Crippen LogP contribution >= 0.6 is 11.8 Å². The zero-order valence-electron chi connectivity index (χ0n) is 10.9. The van der Waals surface area contributed by atoms with Crippen LogP contribution in [0.4, 0.5) is 0 Å². The molecule has 0 heterocycles. The molecular weight excluding hydrogens is 230 g/mol. The van der Waals surface area contributed by atoms with Crippen LogP contribution in [0.25, 0.3) is 0 Å². The van der Waals surface area contributed by atoms with Gasteiger partial charge in [0, 0.05) is 17.9 Å². The molecule has 17 heavy (non-hydrogen) atoms. The highest BCUT2D eigenvalue weighted by Crippen LogP contribution is 2.25. The molecule has 0 amide bonds. The highest BCUT2D eigenvalue weighted by molar-refractivity contribution is 7.99. The van der Waals surface area contributed by atoms with Gasteiger partial charge >= 0.3 is 0 Å². The smallest absolute Gasteiger partial charge is 0.0464 e. The van der Waals surface area contributed by atoms with E-state index in [4.69, 9.17) is 10.8 Å². The van der Waals surface area contributed by atoms with Crippen molar-refractivity contribution in [1.29, 1.82) is 0 Å². The van der Waals surface area contributed by atoms with E-state index in [-0.39, 0.29) is 12.6 Å². The van der Waals surface area contributed by atoms with Gasteiger partial charge < -0.3 is 10.8 Å². The molecule has 1 aromatic carbocycles. The highest BCUT2D eigenvalue weighted by Gasteiger charge is 2.16. The molecule has 1 rings (SSSR count). The number of nitrogens with two attached hydrogens (primary N) is 1. The zero-order valence-corrected chi connectivity index (χ0v) is 11.7. The maximum Gasteiger partial charge on any atom is 0.0464 e. The fraction of sp³-hybridized carbons (Fsp3) is 0.571. The van der Waals surface area contributed by atoms with Crippen LogP contribution in [0.15, 0.2) is 24.3 Å². The lowest BCUT2D eigenvalue weighted by Gasteiger charge is -2.21. The lowest BCUT2D eigenvalue weighted by atomic mass is 10.0. The second kappa shape index (κ2) is 7.04. The number of rotatable bonds is 6. The molecule has 0 bridgehead atoms. The Hall–Kier alpha value is -0.510. The number of hydrogen-bond donors (Lipinski definition) is 2. The largest absolute Gasteiger partial charge is 0.396 e. The Labute approximate surface area is 109 Å². The second-order valence-corrected chi connectivity index (χ2v) is 6.17. The maximum atomic E-state index is 8.99. The van der Waals surface area contributed by atoms with Crippen molar-refractivity contribution in [3.8, 4) is 0 Å². The molecule has 0 aliphatic carbocycles. The second-order valence-electron chi connectivity index (χ2n) is 4.76. The number of benzene rings is 1. The minimum atomic E-state index is 0.0616. The third kappa shape index (κ3) is 4.70. The van der Waals surface area contributed by atoms with E-state index >= 15 is 0 Å². The average molecular weight is 253 g/mol. The first-order valence-electron chi connectivity index (χ1n) is 6.09. The van der Waals surface area contributed by atoms with Gasteiger partial charge in [-0.3, -0.25) is 0 Å². The normalized spacial score (nSPS) is 16.5. The quantitative estimate of drug-likeness (QED) is 0.819. The summed E-state index contributed by atoms with van der Waals surface area (Å²) in [4.78, 5) is 0. The van der Waals surface area contributed by atoms with E-state index in [1.165, 1.54) is 11.1 Å². The van der Waals surface area contributed by atoms with Gasteiger partial charge in [0.25, 0.3) is 0 Å².